The number of carbonyl (C=O) groups is 4. The Morgan fingerprint density at radius 2 is 1.76 bits per heavy atom. The number of para-hydroxylation sites is 1. The number of benzene rings is 2. The predicted octanol–water partition coefficient (Wildman–Crippen LogP) is 2.62. The number of unbranched alkanes of at least 4 members (excludes halogenated alkanes) is 1. The Morgan fingerprint density at radius 1 is 0.980 bits per heavy atom. The first-order chi connectivity index (χ1) is 24.2. The fraction of sp³-hybridized carbons (Fsp3) is 0.459. The maximum absolute atomic E-state index is 14.7. The number of amides is 3. The third kappa shape index (κ3) is 5.77. The molecular formula is C37H42N6O7. The van der Waals surface area contributed by atoms with Crippen LogP contribution in [-0.4, -0.2) is 109 Å². The van der Waals surface area contributed by atoms with E-state index in [0.717, 1.165) is 5.52 Å². The zero-order valence-electron chi connectivity index (χ0n) is 28.2. The first-order valence-electron chi connectivity index (χ1n) is 17.3. The van der Waals surface area contributed by atoms with Crippen LogP contribution < -0.4 is 0 Å². The van der Waals surface area contributed by atoms with E-state index in [0.29, 0.717) is 30.3 Å². The van der Waals surface area contributed by atoms with Gasteiger partial charge >= 0.3 is 5.97 Å². The molecule has 1 aromatic heterocycles. The van der Waals surface area contributed by atoms with E-state index in [1.54, 1.807) is 39.8 Å². The van der Waals surface area contributed by atoms with Gasteiger partial charge in [0, 0.05) is 33.2 Å². The molecule has 3 amide bonds. The second kappa shape index (κ2) is 13.8. The summed E-state index contributed by atoms with van der Waals surface area (Å²) >= 11 is 0. The number of aromatic nitrogens is 3. The molecule has 2 fully saturated rings. The average molecular weight is 683 g/mol. The molecule has 4 aliphatic rings. The van der Waals surface area contributed by atoms with Crippen LogP contribution in [0.1, 0.15) is 44.3 Å². The van der Waals surface area contributed by atoms with E-state index in [9.17, 15) is 24.3 Å². The number of nitrogens with zero attached hydrogens (tertiary/aromatic N) is 6. The van der Waals surface area contributed by atoms with Gasteiger partial charge < -0.3 is 29.3 Å². The maximum atomic E-state index is 14.7. The van der Waals surface area contributed by atoms with Crippen molar-refractivity contribution in [3.8, 4) is 0 Å². The molecule has 0 radical (unpaired) electrons. The highest BCUT2D eigenvalue weighted by Crippen LogP contribution is 2.53. The smallest absolute Gasteiger partial charge is 0.313 e. The summed E-state index contributed by atoms with van der Waals surface area (Å²) in [4.78, 5) is 61.8. The Kier molecular flexibility index (Phi) is 9.27. The maximum Gasteiger partial charge on any atom is 0.313 e. The van der Waals surface area contributed by atoms with Gasteiger partial charge in [-0.1, -0.05) is 72.0 Å². The quantitative estimate of drug-likeness (QED) is 0.226. The van der Waals surface area contributed by atoms with Crippen LogP contribution in [0.25, 0.3) is 11.0 Å². The van der Waals surface area contributed by atoms with Crippen LogP contribution in [0.4, 0.5) is 0 Å². The number of aliphatic hydroxyl groups excluding tert-OH is 1. The third-order valence-corrected chi connectivity index (χ3v) is 10.5. The van der Waals surface area contributed by atoms with Crippen molar-refractivity contribution < 1.29 is 33.8 Å². The number of hydrogen-bond donors (Lipinski definition) is 1. The molecule has 7 rings (SSSR count). The average Bonchev–Trinajstić information content (AvgIpc) is 3.72. The lowest BCUT2D eigenvalue weighted by atomic mass is 9.77. The largest absolute Gasteiger partial charge is 0.455 e. The van der Waals surface area contributed by atoms with Gasteiger partial charge in [-0.15, -0.1) is 5.10 Å². The minimum Gasteiger partial charge on any atom is -0.455 e. The van der Waals surface area contributed by atoms with Crippen molar-refractivity contribution in [2.75, 3.05) is 26.7 Å². The molecule has 13 heteroatoms. The van der Waals surface area contributed by atoms with Crippen molar-refractivity contribution in [1.29, 1.82) is 0 Å². The highest BCUT2D eigenvalue weighted by Gasteiger charge is 2.71. The number of fused-ring (bicyclic) bond motifs is 3. The minimum absolute atomic E-state index is 0.0606. The number of ether oxygens (including phenoxy) is 2. The summed E-state index contributed by atoms with van der Waals surface area (Å²) in [6.07, 6.45) is 6.98. The monoisotopic (exact) mass is 682 g/mol. The Labute approximate surface area is 290 Å². The summed E-state index contributed by atoms with van der Waals surface area (Å²) in [5.41, 5.74) is 0.704. The Bertz CT molecular complexity index is 1830. The highest BCUT2D eigenvalue weighted by molar-refractivity contribution is 5.99. The molecule has 50 heavy (non-hydrogen) atoms. The van der Waals surface area contributed by atoms with Gasteiger partial charge in [0.1, 0.15) is 35.9 Å². The first kappa shape index (κ1) is 33.6. The van der Waals surface area contributed by atoms with Crippen molar-refractivity contribution in [3.05, 3.63) is 84.5 Å². The van der Waals surface area contributed by atoms with Gasteiger partial charge in [-0.25, -0.2) is 4.68 Å². The van der Waals surface area contributed by atoms with E-state index in [1.807, 2.05) is 67.6 Å². The zero-order chi connectivity index (χ0) is 35.0. The summed E-state index contributed by atoms with van der Waals surface area (Å²) in [5.74, 6) is -3.56. The Balaban J connectivity index is 1.28. The van der Waals surface area contributed by atoms with Crippen LogP contribution in [0.15, 0.2) is 78.9 Å². The van der Waals surface area contributed by atoms with E-state index in [4.69, 9.17) is 9.47 Å². The van der Waals surface area contributed by atoms with Gasteiger partial charge in [-0.2, -0.15) is 0 Å². The van der Waals surface area contributed by atoms with Crippen molar-refractivity contribution in [2.24, 2.45) is 11.8 Å². The lowest BCUT2D eigenvalue weighted by molar-refractivity contribution is -0.164. The molecule has 4 aliphatic heterocycles. The molecule has 0 unspecified atom stereocenters. The lowest BCUT2D eigenvalue weighted by Crippen LogP contribution is -2.55. The molecule has 2 saturated heterocycles. The van der Waals surface area contributed by atoms with E-state index >= 15 is 0 Å². The van der Waals surface area contributed by atoms with E-state index in [2.05, 4.69) is 10.3 Å². The van der Waals surface area contributed by atoms with Crippen LogP contribution in [0.5, 0.6) is 0 Å². The minimum atomic E-state index is -1.47. The molecule has 0 aliphatic carbocycles. The number of likely N-dealkylation sites (tertiary alicyclic amines) is 1. The molecule has 7 atom stereocenters. The fourth-order valence-electron chi connectivity index (χ4n) is 7.88. The molecule has 5 heterocycles. The standard InChI is InChI=1S/C37H42N6O7/c1-24-32(25-13-4-3-5-14-25)49-36(48)30-28(17-8-9-18-29(45)40(24)2)50-37-19-12-20-41(23-43-27-16-7-6-15-26(27)38-39-43)35(47)33(37)42(21-10-11-22-44)34(46)31(30)37/h3-8,12-17,19,24,28,30-33,44H,9-11,18,20-23H2,1-2H3/b17-8-/t24-,28-,30+,31+,32+,33-,37+/m0/s1. The van der Waals surface area contributed by atoms with Crippen LogP contribution >= 0.6 is 0 Å². The Hall–Kier alpha value is -4.88. The van der Waals surface area contributed by atoms with Crippen molar-refractivity contribution in [2.45, 2.75) is 69.2 Å². The molecule has 2 aromatic carbocycles. The fourth-order valence-corrected chi connectivity index (χ4v) is 7.88. The van der Waals surface area contributed by atoms with Crippen LogP contribution in [-0.2, 0) is 35.3 Å². The second-order valence-corrected chi connectivity index (χ2v) is 13.5. The predicted molar refractivity (Wildman–Crippen MR) is 181 cm³/mol. The number of carbonyl (C=O) groups excluding carboxylic acids is 4. The van der Waals surface area contributed by atoms with Gasteiger partial charge in [0.25, 0.3) is 5.91 Å². The number of allylic oxidation sites excluding steroid dienone is 1. The van der Waals surface area contributed by atoms with Crippen LogP contribution in [0, 0.1) is 11.8 Å². The van der Waals surface area contributed by atoms with Gasteiger partial charge in [-0.05, 0) is 43.9 Å². The molecule has 13 nitrogen and oxygen atoms in total. The zero-order valence-corrected chi connectivity index (χ0v) is 28.2. The summed E-state index contributed by atoms with van der Waals surface area (Å²) in [6, 6.07) is 15.1. The summed E-state index contributed by atoms with van der Waals surface area (Å²) in [7, 11) is 1.70. The summed E-state index contributed by atoms with van der Waals surface area (Å²) < 4.78 is 14.8. The number of rotatable bonds is 7. The molecule has 1 N–H and O–H groups in total. The Morgan fingerprint density at radius 3 is 2.56 bits per heavy atom. The number of aliphatic hydroxyl groups is 1. The van der Waals surface area contributed by atoms with Crippen molar-refractivity contribution in [1.82, 2.24) is 29.7 Å². The molecule has 0 bridgehead atoms. The third-order valence-electron chi connectivity index (χ3n) is 10.5. The second-order valence-electron chi connectivity index (χ2n) is 13.5. The first-order valence-corrected chi connectivity index (χ1v) is 17.3. The van der Waals surface area contributed by atoms with Gasteiger partial charge in [-0.3, -0.25) is 19.2 Å². The lowest BCUT2D eigenvalue weighted by Gasteiger charge is -2.35. The molecule has 3 aromatic rings. The number of cyclic esters (lactones) is 1. The normalized spacial score (nSPS) is 30.7. The van der Waals surface area contributed by atoms with Gasteiger partial charge in [0.15, 0.2) is 0 Å². The summed E-state index contributed by atoms with van der Waals surface area (Å²) in [5, 5.41) is 18.1. The SMILES string of the molecule is C[C@H]1[C@H](c2ccccc2)OC(=O)[C@@H]2[C@H](/C=C\CCC(=O)N1C)O[C@@]13C=CCN(Cn4nnc5ccccc54)C(=O)[C@@H]1N(CCCCO)C(=O)[C@@H]23. The van der Waals surface area contributed by atoms with Crippen molar-refractivity contribution >= 4 is 34.7 Å². The van der Waals surface area contributed by atoms with E-state index in [-0.39, 0.29) is 50.5 Å². The van der Waals surface area contributed by atoms with Crippen molar-refractivity contribution in [3.63, 3.8) is 0 Å². The molecule has 262 valence electrons. The van der Waals surface area contributed by atoms with Crippen LogP contribution in [0.2, 0.25) is 0 Å². The number of likely N-dealkylation sites (N-methyl/N-ethyl adjacent to an activating group) is 1. The van der Waals surface area contributed by atoms with E-state index in [1.165, 1.54) is 4.90 Å². The number of hydrogen-bond acceptors (Lipinski definition) is 9. The van der Waals surface area contributed by atoms with Gasteiger partial charge in [0.2, 0.25) is 11.8 Å². The van der Waals surface area contributed by atoms with Crippen LogP contribution in [0.3, 0.4) is 0 Å². The molecule has 1 spiro atoms. The topological polar surface area (TPSA) is 147 Å². The van der Waals surface area contributed by atoms with E-state index < -0.39 is 47.7 Å². The number of esters is 1. The summed E-state index contributed by atoms with van der Waals surface area (Å²) in [6.45, 7) is 2.29. The molecule has 0 saturated carbocycles. The molecular weight excluding hydrogens is 640 g/mol. The highest BCUT2D eigenvalue weighted by atomic mass is 16.6. The van der Waals surface area contributed by atoms with Gasteiger partial charge in [0.05, 0.1) is 23.6 Å².